The molecular formula is C24H23FN4O3. The van der Waals surface area contributed by atoms with Crippen molar-refractivity contribution in [1.82, 2.24) is 19.9 Å². The Balaban J connectivity index is 1.28. The molecule has 0 bridgehead atoms. The summed E-state index contributed by atoms with van der Waals surface area (Å²) in [6, 6.07) is 11.5. The first-order valence-electron chi connectivity index (χ1n) is 10.7. The maximum absolute atomic E-state index is 13.5. The van der Waals surface area contributed by atoms with E-state index in [2.05, 4.69) is 15.0 Å². The molecule has 0 aliphatic carbocycles. The minimum Gasteiger partial charge on any atom is -0.488 e. The van der Waals surface area contributed by atoms with Crippen LogP contribution in [-0.2, 0) is 4.74 Å². The van der Waals surface area contributed by atoms with Crippen LogP contribution in [-0.4, -0.2) is 57.2 Å². The smallest absolute Gasteiger partial charge is 0.272 e. The molecule has 2 aliphatic heterocycles. The van der Waals surface area contributed by atoms with E-state index in [9.17, 15) is 9.18 Å². The number of pyridine rings is 1. The highest BCUT2D eigenvalue weighted by molar-refractivity contribution is 5.93. The molecule has 0 radical (unpaired) electrons. The number of hydrogen-bond donors (Lipinski definition) is 0. The minimum atomic E-state index is -0.448. The zero-order chi connectivity index (χ0) is 22.0. The molecule has 2 fully saturated rings. The highest BCUT2D eigenvalue weighted by Gasteiger charge is 2.45. The van der Waals surface area contributed by atoms with Gasteiger partial charge in [-0.05, 0) is 37.1 Å². The number of rotatable bonds is 4. The number of hydrogen-bond acceptors (Lipinski definition) is 6. The molecule has 2 aliphatic rings. The molecule has 3 aromatic rings. The topological polar surface area (TPSA) is 77.4 Å². The van der Waals surface area contributed by atoms with Gasteiger partial charge in [0.2, 0.25) is 0 Å². The number of likely N-dealkylation sites (tertiary alicyclic amines) is 1. The number of carbonyl (C=O) groups excluding carboxylic acids is 1. The summed E-state index contributed by atoms with van der Waals surface area (Å²) in [4.78, 5) is 27.6. The average molecular weight is 434 g/mol. The van der Waals surface area contributed by atoms with Gasteiger partial charge in [-0.1, -0.05) is 12.1 Å². The number of aromatic nitrogens is 3. The highest BCUT2D eigenvalue weighted by atomic mass is 19.1. The summed E-state index contributed by atoms with van der Waals surface area (Å²) in [7, 11) is 0. The molecule has 32 heavy (non-hydrogen) atoms. The average Bonchev–Trinajstić information content (AvgIpc) is 3.20. The summed E-state index contributed by atoms with van der Waals surface area (Å²) in [5, 5.41) is 0. The van der Waals surface area contributed by atoms with Crippen LogP contribution in [0.4, 0.5) is 4.39 Å². The Bertz CT molecular complexity index is 1110. The van der Waals surface area contributed by atoms with Gasteiger partial charge in [0.25, 0.3) is 5.91 Å². The fourth-order valence-corrected chi connectivity index (χ4v) is 4.47. The lowest BCUT2D eigenvalue weighted by Crippen LogP contribution is -2.50. The molecule has 1 amide bonds. The second-order valence-electron chi connectivity index (χ2n) is 8.26. The van der Waals surface area contributed by atoms with Crippen molar-refractivity contribution < 1.29 is 18.7 Å². The lowest BCUT2D eigenvalue weighted by molar-refractivity contribution is -0.0454. The molecule has 1 aromatic carbocycles. The number of carbonyl (C=O) groups is 1. The molecule has 0 N–H and O–H groups in total. The van der Waals surface area contributed by atoms with Gasteiger partial charge in [-0.3, -0.25) is 4.79 Å². The van der Waals surface area contributed by atoms with Crippen LogP contribution < -0.4 is 4.74 Å². The fraction of sp³-hybridized carbons (Fsp3) is 0.333. The minimum absolute atomic E-state index is 0.124. The molecule has 164 valence electrons. The van der Waals surface area contributed by atoms with E-state index < -0.39 is 5.60 Å². The zero-order valence-corrected chi connectivity index (χ0v) is 17.5. The first-order chi connectivity index (χ1) is 15.6. The molecular weight excluding hydrogens is 411 g/mol. The molecule has 2 saturated heterocycles. The highest BCUT2D eigenvalue weighted by Crippen LogP contribution is 2.36. The zero-order valence-electron chi connectivity index (χ0n) is 17.5. The van der Waals surface area contributed by atoms with Crippen molar-refractivity contribution in [2.45, 2.75) is 31.0 Å². The Labute approximate surface area is 185 Å². The van der Waals surface area contributed by atoms with Gasteiger partial charge in [0, 0.05) is 37.0 Å². The van der Waals surface area contributed by atoms with Gasteiger partial charge in [-0.2, -0.15) is 0 Å². The maximum Gasteiger partial charge on any atom is 0.272 e. The van der Waals surface area contributed by atoms with Crippen LogP contribution >= 0.6 is 0 Å². The van der Waals surface area contributed by atoms with Crippen molar-refractivity contribution >= 4 is 5.91 Å². The summed E-state index contributed by atoms with van der Waals surface area (Å²) in [5.41, 5.74) is 1.35. The molecule has 0 saturated carbocycles. The predicted octanol–water partition coefficient (Wildman–Crippen LogP) is 3.52. The van der Waals surface area contributed by atoms with Gasteiger partial charge < -0.3 is 14.4 Å². The third kappa shape index (κ3) is 4.31. The van der Waals surface area contributed by atoms with Gasteiger partial charge >= 0.3 is 0 Å². The SMILES string of the molecule is O=C(c1cccc(-c2cncnc2)n1)N1CCC[C@]2(C[C@@H](Oc3cccc(F)c3)CO2)C1. The molecule has 5 rings (SSSR count). The number of halogens is 1. The quantitative estimate of drug-likeness (QED) is 0.625. The van der Waals surface area contributed by atoms with Crippen molar-refractivity contribution in [1.29, 1.82) is 0 Å². The first kappa shape index (κ1) is 20.5. The number of piperidine rings is 1. The Kier molecular flexibility index (Phi) is 5.53. The molecule has 2 atom stereocenters. The summed E-state index contributed by atoms with van der Waals surface area (Å²) in [5.74, 6) is 0.0357. The van der Waals surface area contributed by atoms with E-state index in [0.29, 0.717) is 43.3 Å². The molecule has 7 nitrogen and oxygen atoms in total. The van der Waals surface area contributed by atoms with Crippen LogP contribution in [0.1, 0.15) is 29.8 Å². The Morgan fingerprint density at radius 2 is 2.03 bits per heavy atom. The van der Waals surface area contributed by atoms with Crippen molar-refractivity contribution in [2.75, 3.05) is 19.7 Å². The standard InChI is InChI=1S/C24H23FN4O3/c25-18-4-1-5-19(10-18)32-20-11-24(31-14-20)8-3-9-29(15-24)23(30)22-7-2-6-21(28-22)17-12-26-16-27-13-17/h1-2,4-7,10,12-13,16,20H,3,8-9,11,14-15H2/t20-,24+/m1/s1. The monoisotopic (exact) mass is 434 g/mol. The van der Waals surface area contributed by atoms with Gasteiger partial charge in [-0.25, -0.2) is 19.3 Å². The van der Waals surface area contributed by atoms with Gasteiger partial charge in [0.05, 0.1) is 24.4 Å². The van der Waals surface area contributed by atoms with Gasteiger partial charge in [0.1, 0.15) is 29.7 Å². The maximum atomic E-state index is 13.5. The third-order valence-electron chi connectivity index (χ3n) is 5.93. The first-order valence-corrected chi connectivity index (χ1v) is 10.7. The van der Waals surface area contributed by atoms with E-state index in [4.69, 9.17) is 9.47 Å². The normalized spacial score (nSPS) is 22.8. The summed E-state index contributed by atoms with van der Waals surface area (Å²) in [6.07, 6.45) is 6.97. The summed E-state index contributed by atoms with van der Waals surface area (Å²) >= 11 is 0. The summed E-state index contributed by atoms with van der Waals surface area (Å²) < 4.78 is 25.6. The van der Waals surface area contributed by atoms with Gasteiger partial charge in [0.15, 0.2) is 0 Å². The van der Waals surface area contributed by atoms with E-state index in [0.717, 1.165) is 18.4 Å². The van der Waals surface area contributed by atoms with E-state index >= 15 is 0 Å². The second kappa shape index (κ2) is 8.63. The number of amides is 1. The lowest BCUT2D eigenvalue weighted by atomic mass is 9.89. The van der Waals surface area contributed by atoms with E-state index in [1.54, 1.807) is 30.6 Å². The molecule has 8 heteroatoms. The Hall–Kier alpha value is -3.39. The van der Waals surface area contributed by atoms with E-state index in [1.807, 2.05) is 17.0 Å². The third-order valence-corrected chi connectivity index (χ3v) is 5.93. The summed E-state index contributed by atoms with van der Waals surface area (Å²) in [6.45, 7) is 1.55. The number of nitrogens with zero attached hydrogens (tertiary/aromatic N) is 4. The van der Waals surface area contributed by atoms with Crippen molar-refractivity contribution in [3.63, 3.8) is 0 Å². The predicted molar refractivity (Wildman–Crippen MR) is 115 cm³/mol. The van der Waals surface area contributed by atoms with Crippen molar-refractivity contribution in [2.24, 2.45) is 0 Å². The van der Waals surface area contributed by atoms with E-state index in [-0.39, 0.29) is 17.8 Å². The molecule has 0 unspecified atom stereocenters. The van der Waals surface area contributed by atoms with Gasteiger partial charge in [-0.15, -0.1) is 0 Å². The fourth-order valence-electron chi connectivity index (χ4n) is 4.47. The van der Waals surface area contributed by atoms with E-state index in [1.165, 1.54) is 18.5 Å². The van der Waals surface area contributed by atoms with Crippen LogP contribution in [0.15, 0.2) is 61.2 Å². The van der Waals surface area contributed by atoms with Crippen LogP contribution in [0.25, 0.3) is 11.3 Å². The van der Waals surface area contributed by atoms with Crippen LogP contribution in [0, 0.1) is 5.82 Å². The Morgan fingerprint density at radius 3 is 2.88 bits per heavy atom. The molecule has 2 aromatic heterocycles. The largest absolute Gasteiger partial charge is 0.488 e. The number of benzene rings is 1. The van der Waals surface area contributed by atoms with Crippen molar-refractivity contribution in [3.05, 3.63) is 72.7 Å². The number of ether oxygens (including phenoxy) is 2. The molecule has 4 heterocycles. The van der Waals surface area contributed by atoms with Crippen LogP contribution in [0.5, 0.6) is 5.75 Å². The lowest BCUT2D eigenvalue weighted by Gasteiger charge is -2.39. The van der Waals surface area contributed by atoms with Crippen LogP contribution in [0.3, 0.4) is 0 Å². The van der Waals surface area contributed by atoms with Crippen molar-refractivity contribution in [3.8, 4) is 17.0 Å². The second-order valence-corrected chi connectivity index (χ2v) is 8.26. The van der Waals surface area contributed by atoms with Crippen LogP contribution in [0.2, 0.25) is 0 Å². The Morgan fingerprint density at radius 1 is 1.19 bits per heavy atom. The molecule has 1 spiro atoms.